The molecule has 1 fully saturated rings. The molecule has 6 atom stereocenters. The molecule has 0 aromatic heterocycles. The second-order valence-corrected chi connectivity index (χ2v) is 14.0. The summed E-state index contributed by atoms with van der Waals surface area (Å²) in [5.74, 6) is -5.07. The van der Waals surface area contributed by atoms with Gasteiger partial charge in [-0.15, -0.1) is 0 Å². The molecule has 0 aliphatic carbocycles. The van der Waals surface area contributed by atoms with E-state index in [1.165, 1.54) is 36.1 Å². The Balaban J connectivity index is 1.42. The van der Waals surface area contributed by atoms with Gasteiger partial charge in [-0.2, -0.15) is 0 Å². The summed E-state index contributed by atoms with van der Waals surface area (Å²) in [5.41, 5.74) is 13.2. The van der Waals surface area contributed by atoms with E-state index in [1.807, 2.05) is 0 Å². The third-order valence-electron chi connectivity index (χ3n) is 9.51. The summed E-state index contributed by atoms with van der Waals surface area (Å²) in [6, 6.07) is 13.9. The molecule has 1 aliphatic rings. The first-order valence-corrected chi connectivity index (χ1v) is 18.7. The number of carbonyl (C=O) groups is 7. The van der Waals surface area contributed by atoms with E-state index in [4.69, 9.17) is 11.5 Å². The van der Waals surface area contributed by atoms with Gasteiger partial charge in [0.15, 0.2) is 0 Å². The van der Waals surface area contributed by atoms with Crippen molar-refractivity contribution in [1.82, 2.24) is 31.5 Å². The number of aromatic hydroxyl groups is 2. The van der Waals surface area contributed by atoms with Crippen molar-refractivity contribution in [2.45, 2.75) is 75.3 Å². The van der Waals surface area contributed by atoms with E-state index in [0.717, 1.165) is 0 Å². The number of rotatable bonds is 19. The first kappa shape index (κ1) is 44.2. The van der Waals surface area contributed by atoms with Gasteiger partial charge in [-0.1, -0.05) is 54.6 Å². The maximum atomic E-state index is 14.0. The van der Waals surface area contributed by atoms with Crippen molar-refractivity contribution >= 4 is 41.4 Å². The van der Waals surface area contributed by atoms with Gasteiger partial charge in [0.2, 0.25) is 41.4 Å². The minimum absolute atomic E-state index is 0.0222. The summed E-state index contributed by atoms with van der Waals surface area (Å²) in [5, 5.41) is 41.4. The van der Waals surface area contributed by atoms with Gasteiger partial charge in [0, 0.05) is 19.4 Å². The minimum Gasteiger partial charge on any atom is -0.508 e. The number of nitrogens with one attached hydrogen (secondary N) is 5. The number of hydrogen-bond donors (Lipinski definition) is 10. The number of phenols is 2. The smallest absolute Gasteiger partial charge is 0.246 e. The zero-order chi connectivity index (χ0) is 42.4. The van der Waals surface area contributed by atoms with Crippen LogP contribution < -0.4 is 38.1 Å². The maximum absolute atomic E-state index is 14.0. The Bertz CT molecular complexity index is 1910. The van der Waals surface area contributed by atoms with Crippen LogP contribution in [0, 0.1) is 0 Å². The van der Waals surface area contributed by atoms with Crippen LogP contribution in [0.3, 0.4) is 0 Å². The quantitative estimate of drug-likeness (QED) is 0.0632. The average Bonchev–Trinajstić information content (AvgIpc) is 3.70. The van der Waals surface area contributed by atoms with E-state index in [-0.39, 0.29) is 43.7 Å². The molecule has 4 rings (SSSR count). The summed E-state index contributed by atoms with van der Waals surface area (Å²) in [6.07, 6.45) is 0.781. The lowest BCUT2D eigenvalue weighted by Gasteiger charge is -2.29. The molecule has 12 N–H and O–H groups in total. The fourth-order valence-corrected chi connectivity index (χ4v) is 6.30. The largest absolute Gasteiger partial charge is 0.508 e. The van der Waals surface area contributed by atoms with Crippen molar-refractivity contribution in [3.63, 3.8) is 0 Å². The normalized spacial score (nSPS) is 16.1. The Morgan fingerprint density at radius 1 is 0.707 bits per heavy atom. The number of benzene rings is 3. The first-order chi connectivity index (χ1) is 27.6. The molecular formula is C40H50N8O10. The Morgan fingerprint density at radius 2 is 1.28 bits per heavy atom. The minimum atomic E-state index is -1.36. The molecule has 18 heteroatoms. The predicted octanol–water partition coefficient (Wildman–Crippen LogP) is -2.00. The second-order valence-electron chi connectivity index (χ2n) is 14.0. The number of nitrogens with two attached hydrogens (primary N) is 2. The molecule has 58 heavy (non-hydrogen) atoms. The van der Waals surface area contributed by atoms with Crippen LogP contribution in [0.1, 0.15) is 36.5 Å². The molecule has 1 heterocycles. The standard InChI is InChI=1S/C40H50N8O10/c1-23(44-37(55)29(41)18-25-9-13-27(50)14-10-25)36(54)46-30(19-24-6-3-2-4-7-24)38(56)43-21-34(52)45-31(20-26-11-15-28(51)16-12-26)40(58)48-17-5-8-33(48)39(57)47-32(22-49)35(42)53/h2-4,6-7,9-16,23,29-33,49-51H,5,8,17-22,41H2,1H3,(H2,42,53)(H,43,56)(H,44,55)(H,45,52)(H,46,54)(H,47,57)/t23-,29+,30+,31+,32+,33-/m1/s1. The molecule has 7 amide bonds. The highest BCUT2D eigenvalue weighted by Crippen LogP contribution is 2.21. The van der Waals surface area contributed by atoms with Crippen molar-refractivity contribution in [3.05, 3.63) is 95.6 Å². The number of carbonyl (C=O) groups excluding carboxylic acids is 7. The third-order valence-corrected chi connectivity index (χ3v) is 9.51. The summed E-state index contributed by atoms with van der Waals surface area (Å²) < 4.78 is 0. The van der Waals surface area contributed by atoms with E-state index >= 15 is 0 Å². The van der Waals surface area contributed by atoms with Crippen molar-refractivity contribution in [1.29, 1.82) is 0 Å². The Kier molecular flexibility index (Phi) is 16.1. The van der Waals surface area contributed by atoms with Gasteiger partial charge in [0.25, 0.3) is 0 Å². The maximum Gasteiger partial charge on any atom is 0.246 e. The number of aliphatic hydroxyl groups is 1. The highest BCUT2D eigenvalue weighted by molar-refractivity contribution is 5.96. The number of likely N-dealkylation sites (tertiary alicyclic amines) is 1. The highest BCUT2D eigenvalue weighted by Gasteiger charge is 2.39. The number of hydrogen-bond acceptors (Lipinski definition) is 11. The Labute approximate surface area is 334 Å². The zero-order valence-corrected chi connectivity index (χ0v) is 31.9. The molecule has 18 nitrogen and oxygen atoms in total. The SMILES string of the molecule is C[C@@H](NC(=O)[C@@H](N)Cc1ccc(O)cc1)C(=O)N[C@@H](Cc1ccccc1)C(=O)NCC(=O)N[C@@H](Cc1ccc(O)cc1)C(=O)N1CCC[C@@H]1C(=O)N[C@@H](CO)C(N)=O. The highest BCUT2D eigenvalue weighted by atomic mass is 16.3. The molecule has 1 saturated heterocycles. The lowest BCUT2D eigenvalue weighted by atomic mass is 10.0. The molecule has 3 aromatic rings. The van der Waals surface area contributed by atoms with Crippen LogP contribution in [0.2, 0.25) is 0 Å². The number of nitrogens with zero attached hydrogens (tertiary/aromatic N) is 1. The van der Waals surface area contributed by atoms with Gasteiger partial charge >= 0.3 is 0 Å². The van der Waals surface area contributed by atoms with Gasteiger partial charge in [0.1, 0.15) is 41.7 Å². The van der Waals surface area contributed by atoms with E-state index in [0.29, 0.717) is 23.1 Å². The molecule has 0 unspecified atom stereocenters. The second kappa shape index (κ2) is 21.1. The number of amides is 7. The summed E-state index contributed by atoms with van der Waals surface area (Å²) in [6.45, 7) is 0.225. The predicted molar refractivity (Wildman–Crippen MR) is 209 cm³/mol. The monoisotopic (exact) mass is 802 g/mol. The summed E-state index contributed by atoms with van der Waals surface area (Å²) in [4.78, 5) is 93.0. The molecule has 3 aromatic carbocycles. The van der Waals surface area contributed by atoms with Crippen LogP contribution in [0.4, 0.5) is 0 Å². The van der Waals surface area contributed by atoms with Crippen LogP contribution >= 0.6 is 0 Å². The lowest BCUT2D eigenvalue weighted by molar-refractivity contribution is -0.142. The summed E-state index contributed by atoms with van der Waals surface area (Å²) in [7, 11) is 0. The van der Waals surface area contributed by atoms with E-state index in [9.17, 15) is 48.9 Å². The van der Waals surface area contributed by atoms with Crippen LogP contribution in [0.15, 0.2) is 78.9 Å². The molecule has 310 valence electrons. The molecule has 0 saturated carbocycles. The van der Waals surface area contributed by atoms with Gasteiger partial charge < -0.3 is 58.3 Å². The van der Waals surface area contributed by atoms with Crippen molar-refractivity contribution in [2.75, 3.05) is 19.7 Å². The van der Waals surface area contributed by atoms with Crippen LogP contribution in [0.25, 0.3) is 0 Å². The first-order valence-electron chi connectivity index (χ1n) is 18.7. The fourth-order valence-electron chi connectivity index (χ4n) is 6.30. The molecule has 0 bridgehead atoms. The van der Waals surface area contributed by atoms with Gasteiger partial charge in [-0.3, -0.25) is 33.6 Å². The zero-order valence-electron chi connectivity index (χ0n) is 31.9. The van der Waals surface area contributed by atoms with Crippen molar-refractivity contribution < 1.29 is 48.9 Å². The molecule has 1 aliphatic heterocycles. The van der Waals surface area contributed by atoms with Crippen molar-refractivity contribution in [2.24, 2.45) is 11.5 Å². The Hall–Kier alpha value is -6.53. The van der Waals surface area contributed by atoms with Crippen LogP contribution in [-0.4, -0.2) is 118 Å². The van der Waals surface area contributed by atoms with Gasteiger partial charge in [0.05, 0.1) is 19.2 Å². The molecule has 0 radical (unpaired) electrons. The van der Waals surface area contributed by atoms with Gasteiger partial charge in [-0.05, 0) is 67.1 Å². The lowest BCUT2D eigenvalue weighted by Crippen LogP contribution is -2.58. The average molecular weight is 803 g/mol. The van der Waals surface area contributed by atoms with E-state index in [1.54, 1.807) is 54.6 Å². The number of phenolic OH excluding ortho intramolecular Hbond substituents is 2. The van der Waals surface area contributed by atoms with Crippen LogP contribution in [0.5, 0.6) is 11.5 Å². The van der Waals surface area contributed by atoms with Crippen molar-refractivity contribution in [3.8, 4) is 11.5 Å². The number of primary amides is 1. The van der Waals surface area contributed by atoms with E-state index < -0.39 is 90.8 Å². The number of aliphatic hydroxyl groups excluding tert-OH is 1. The summed E-state index contributed by atoms with van der Waals surface area (Å²) >= 11 is 0. The van der Waals surface area contributed by atoms with E-state index in [2.05, 4.69) is 26.6 Å². The third kappa shape index (κ3) is 13.0. The molecular weight excluding hydrogens is 752 g/mol. The molecule has 0 spiro atoms. The Morgan fingerprint density at radius 3 is 1.86 bits per heavy atom. The van der Waals surface area contributed by atoms with Crippen LogP contribution in [-0.2, 0) is 52.8 Å². The fraction of sp³-hybridized carbons (Fsp3) is 0.375. The topological polar surface area (TPSA) is 296 Å². The van der Waals surface area contributed by atoms with Gasteiger partial charge in [-0.25, -0.2) is 0 Å².